The molecule has 0 amide bonds. The molecule has 0 aromatic carbocycles. The van der Waals surface area contributed by atoms with E-state index in [4.69, 9.17) is 4.74 Å². The molecule has 1 fully saturated rings. The van der Waals surface area contributed by atoms with Gasteiger partial charge >= 0.3 is 0 Å². The maximum atomic E-state index is 6.01. The molecule has 0 radical (unpaired) electrons. The van der Waals surface area contributed by atoms with Crippen LogP contribution in [0.15, 0.2) is 17.6 Å². The normalized spacial score (nSPS) is 21.6. The first-order chi connectivity index (χ1) is 11.2. The van der Waals surface area contributed by atoms with E-state index in [1.807, 2.05) is 22.2 Å². The summed E-state index contributed by atoms with van der Waals surface area (Å²) < 4.78 is 8.05. The summed E-state index contributed by atoms with van der Waals surface area (Å²) in [6.45, 7) is 7.07. The van der Waals surface area contributed by atoms with Crippen LogP contribution in [0, 0.1) is 12.8 Å². The molecule has 1 aliphatic carbocycles. The molecule has 0 N–H and O–H groups in total. The number of hydrogen-bond donors (Lipinski definition) is 0. The van der Waals surface area contributed by atoms with Gasteiger partial charge in [-0.15, -0.1) is 11.3 Å². The number of hydrogen-bond acceptors (Lipinski definition) is 4. The van der Waals surface area contributed by atoms with Crippen LogP contribution >= 0.6 is 11.3 Å². The van der Waals surface area contributed by atoms with Gasteiger partial charge in [-0.1, -0.05) is 0 Å². The zero-order valence-corrected chi connectivity index (χ0v) is 14.8. The molecular weight excluding hydrogens is 306 g/mol. The average molecular weight is 331 g/mol. The van der Waals surface area contributed by atoms with Crippen molar-refractivity contribution in [2.45, 2.75) is 38.8 Å². The molecule has 124 valence electrons. The maximum absolute atomic E-state index is 6.01. The van der Waals surface area contributed by atoms with Crippen LogP contribution in [0.2, 0.25) is 0 Å². The Labute approximate surface area is 142 Å². The minimum atomic E-state index is 0.450. The van der Waals surface area contributed by atoms with Crippen molar-refractivity contribution in [1.29, 1.82) is 0 Å². The topological polar surface area (TPSA) is 30.3 Å². The molecule has 1 atom stereocenters. The van der Waals surface area contributed by atoms with Crippen molar-refractivity contribution in [1.82, 2.24) is 14.7 Å². The molecule has 5 heteroatoms. The Balaban J connectivity index is 1.47. The lowest BCUT2D eigenvalue weighted by molar-refractivity contribution is 0.0887. The van der Waals surface area contributed by atoms with E-state index in [9.17, 15) is 0 Å². The predicted molar refractivity (Wildman–Crippen MR) is 92.7 cm³/mol. The highest BCUT2D eigenvalue weighted by atomic mass is 32.1. The zero-order chi connectivity index (χ0) is 15.8. The van der Waals surface area contributed by atoms with E-state index in [0.717, 1.165) is 38.8 Å². The Hall–Kier alpha value is -1.17. The van der Waals surface area contributed by atoms with E-state index in [-0.39, 0.29) is 0 Å². The standard InChI is InChI=1S/C18H25N3OS/c1-13-5-6-23-18(13)10-21-8-15(12-22-11-14-3-4-14)16-7-19-20(2)17(16)9-21/h5-7,14-15H,3-4,8-12H2,1-2H3/t15-/m1/s1. The van der Waals surface area contributed by atoms with Gasteiger partial charge in [-0.25, -0.2) is 0 Å². The summed E-state index contributed by atoms with van der Waals surface area (Å²) in [4.78, 5) is 4.03. The molecular formula is C18H25N3OS. The van der Waals surface area contributed by atoms with Crippen LogP contribution < -0.4 is 0 Å². The van der Waals surface area contributed by atoms with Crippen molar-refractivity contribution in [3.63, 3.8) is 0 Å². The Morgan fingerprint density at radius 1 is 1.35 bits per heavy atom. The Kier molecular flexibility index (Phi) is 4.26. The van der Waals surface area contributed by atoms with Gasteiger partial charge in [-0.05, 0) is 42.7 Å². The summed E-state index contributed by atoms with van der Waals surface area (Å²) in [5, 5.41) is 6.68. The van der Waals surface area contributed by atoms with Crippen LogP contribution in [0.5, 0.6) is 0 Å². The smallest absolute Gasteiger partial charge is 0.0557 e. The number of nitrogens with zero attached hydrogens (tertiary/aromatic N) is 3. The molecule has 4 rings (SSSR count). The first kappa shape index (κ1) is 15.4. The first-order valence-corrected chi connectivity index (χ1v) is 9.42. The molecule has 2 aliphatic rings. The van der Waals surface area contributed by atoms with Crippen LogP contribution in [-0.2, 0) is 24.9 Å². The van der Waals surface area contributed by atoms with Gasteiger partial charge in [-0.2, -0.15) is 5.10 Å². The minimum Gasteiger partial charge on any atom is -0.380 e. The summed E-state index contributed by atoms with van der Waals surface area (Å²) in [5.41, 5.74) is 4.15. The molecule has 2 aromatic rings. The van der Waals surface area contributed by atoms with Gasteiger partial charge in [-0.3, -0.25) is 9.58 Å². The molecule has 1 saturated carbocycles. The van der Waals surface area contributed by atoms with Crippen molar-refractivity contribution >= 4 is 11.3 Å². The van der Waals surface area contributed by atoms with Crippen molar-refractivity contribution in [3.8, 4) is 0 Å². The molecule has 2 aromatic heterocycles. The molecule has 0 spiro atoms. The molecule has 4 nitrogen and oxygen atoms in total. The van der Waals surface area contributed by atoms with E-state index >= 15 is 0 Å². The van der Waals surface area contributed by atoms with Gasteiger partial charge in [0, 0.05) is 49.6 Å². The van der Waals surface area contributed by atoms with E-state index in [2.05, 4.69) is 35.4 Å². The second-order valence-corrected chi connectivity index (χ2v) is 8.05. The summed E-state index contributed by atoms with van der Waals surface area (Å²) >= 11 is 1.87. The Morgan fingerprint density at radius 2 is 2.22 bits per heavy atom. The predicted octanol–water partition coefficient (Wildman–Crippen LogP) is 3.32. The number of aryl methyl sites for hydroxylation is 2. The number of fused-ring (bicyclic) bond motifs is 1. The van der Waals surface area contributed by atoms with Gasteiger partial charge < -0.3 is 4.74 Å². The van der Waals surface area contributed by atoms with Crippen LogP contribution in [0.4, 0.5) is 0 Å². The highest BCUT2D eigenvalue weighted by Gasteiger charge is 2.29. The van der Waals surface area contributed by atoms with Crippen LogP contribution in [0.25, 0.3) is 0 Å². The van der Waals surface area contributed by atoms with E-state index in [1.165, 1.54) is 34.5 Å². The van der Waals surface area contributed by atoms with Gasteiger partial charge in [0.2, 0.25) is 0 Å². The molecule has 0 unspecified atom stereocenters. The third kappa shape index (κ3) is 3.37. The van der Waals surface area contributed by atoms with Crippen LogP contribution in [-0.4, -0.2) is 34.4 Å². The minimum absolute atomic E-state index is 0.450. The number of rotatable bonds is 6. The Bertz CT molecular complexity index is 674. The van der Waals surface area contributed by atoms with Gasteiger partial charge in [0.15, 0.2) is 0 Å². The van der Waals surface area contributed by atoms with Gasteiger partial charge in [0.1, 0.15) is 0 Å². The van der Waals surface area contributed by atoms with Crippen molar-refractivity contribution in [2.24, 2.45) is 13.0 Å². The first-order valence-electron chi connectivity index (χ1n) is 8.54. The lowest BCUT2D eigenvalue weighted by atomic mass is 9.95. The second kappa shape index (κ2) is 6.38. The quantitative estimate of drug-likeness (QED) is 0.813. The zero-order valence-electron chi connectivity index (χ0n) is 14.0. The average Bonchev–Trinajstić information content (AvgIpc) is 3.17. The molecule has 0 bridgehead atoms. The molecule has 23 heavy (non-hydrogen) atoms. The van der Waals surface area contributed by atoms with Crippen LogP contribution in [0.1, 0.15) is 40.5 Å². The summed E-state index contributed by atoms with van der Waals surface area (Å²) in [6.07, 6.45) is 4.76. The Morgan fingerprint density at radius 3 is 2.96 bits per heavy atom. The summed E-state index contributed by atoms with van der Waals surface area (Å²) in [7, 11) is 2.06. The SMILES string of the molecule is Cc1ccsc1CN1Cc2c(cnn2C)[C@@H](COCC2CC2)C1. The monoisotopic (exact) mass is 331 g/mol. The molecule has 1 aliphatic heterocycles. The van der Waals surface area contributed by atoms with E-state index < -0.39 is 0 Å². The second-order valence-electron chi connectivity index (χ2n) is 7.04. The highest BCUT2D eigenvalue weighted by Crippen LogP contribution is 2.32. The lowest BCUT2D eigenvalue weighted by Crippen LogP contribution is -2.35. The molecule has 0 saturated heterocycles. The largest absolute Gasteiger partial charge is 0.380 e. The molecule has 3 heterocycles. The summed E-state index contributed by atoms with van der Waals surface area (Å²) in [6, 6.07) is 2.22. The lowest BCUT2D eigenvalue weighted by Gasteiger charge is -2.32. The fraction of sp³-hybridized carbons (Fsp3) is 0.611. The fourth-order valence-corrected chi connectivity index (χ4v) is 4.34. The van der Waals surface area contributed by atoms with Gasteiger partial charge in [0.05, 0.1) is 18.5 Å². The van der Waals surface area contributed by atoms with E-state index in [0.29, 0.717) is 5.92 Å². The fourth-order valence-electron chi connectivity index (χ4n) is 3.39. The van der Waals surface area contributed by atoms with Gasteiger partial charge in [0.25, 0.3) is 0 Å². The van der Waals surface area contributed by atoms with Crippen molar-refractivity contribution in [3.05, 3.63) is 39.3 Å². The number of aromatic nitrogens is 2. The third-order valence-electron chi connectivity index (χ3n) is 5.09. The number of ether oxygens (including phenoxy) is 1. The third-order valence-corrected chi connectivity index (χ3v) is 6.10. The van der Waals surface area contributed by atoms with Crippen molar-refractivity contribution < 1.29 is 4.74 Å². The van der Waals surface area contributed by atoms with Crippen LogP contribution in [0.3, 0.4) is 0 Å². The van der Waals surface area contributed by atoms with E-state index in [1.54, 1.807) is 0 Å². The highest BCUT2D eigenvalue weighted by molar-refractivity contribution is 7.10. The summed E-state index contributed by atoms with van der Waals surface area (Å²) in [5.74, 6) is 1.28. The maximum Gasteiger partial charge on any atom is 0.0557 e. The number of thiophene rings is 1. The van der Waals surface area contributed by atoms with Crippen molar-refractivity contribution in [2.75, 3.05) is 19.8 Å².